The fourth-order valence-corrected chi connectivity index (χ4v) is 1.39. The smallest absolute Gasteiger partial charge is 0.255 e. The van der Waals surface area contributed by atoms with Crippen molar-refractivity contribution in [1.29, 1.82) is 0 Å². The Hall–Kier alpha value is -1.89. The molecule has 0 aliphatic rings. The Balaban J connectivity index is 3.06. The molecule has 0 fully saturated rings. The van der Waals surface area contributed by atoms with Gasteiger partial charge in [0.2, 0.25) is 0 Å². The Morgan fingerprint density at radius 1 is 1.42 bits per heavy atom. The minimum absolute atomic E-state index is 0.282. The fourth-order valence-electron chi connectivity index (χ4n) is 1.24. The van der Waals surface area contributed by atoms with E-state index in [1.165, 1.54) is 13.8 Å². The van der Waals surface area contributed by atoms with Crippen molar-refractivity contribution in [2.24, 2.45) is 10.9 Å². The van der Waals surface area contributed by atoms with Crippen molar-refractivity contribution < 1.29 is 18.8 Å². The number of hydrogen-bond donors (Lipinski definition) is 3. The molecule has 1 amide bonds. The summed E-state index contributed by atoms with van der Waals surface area (Å²) >= 11 is 5.38. The molecule has 1 aromatic carbocycles. The van der Waals surface area contributed by atoms with Gasteiger partial charge in [-0.3, -0.25) is 4.79 Å². The van der Waals surface area contributed by atoms with Crippen LogP contribution in [-0.4, -0.2) is 22.5 Å². The first-order valence-corrected chi connectivity index (χ1v) is 5.52. The maximum Gasteiger partial charge on any atom is 0.255 e. The van der Waals surface area contributed by atoms with Gasteiger partial charge in [0.1, 0.15) is 11.6 Å². The van der Waals surface area contributed by atoms with E-state index in [2.05, 4.69) is 10.5 Å². The third kappa shape index (κ3) is 3.31. The first-order chi connectivity index (χ1) is 8.69. The largest absolute Gasteiger partial charge is 0.409 e. The van der Waals surface area contributed by atoms with E-state index in [9.17, 15) is 13.6 Å². The normalized spacial score (nSPS) is 12.4. The van der Waals surface area contributed by atoms with Crippen LogP contribution >= 0.6 is 11.6 Å². The van der Waals surface area contributed by atoms with Gasteiger partial charge < -0.3 is 16.3 Å². The van der Waals surface area contributed by atoms with E-state index in [1.807, 2.05) is 0 Å². The molecule has 4 N–H and O–H groups in total. The van der Waals surface area contributed by atoms with Gasteiger partial charge in [-0.25, -0.2) is 8.78 Å². The SMILES string of the molecule is CC(C)(NC(=O)c1cc(F)c(Cl)cc1F)/C(N)=N/O. The zero-order chi connectivity index (χ0) is 14.8. The first-order valence-electron chi connectivity index (χ1n) is 5.14. The highest BCUT2D eigenvalue weighted by molar-refractivity contribution is 6.30. The number of nitrogens with one attached hydrogen (secondary N) is 1. The number of oxime groups is 1. The second kappa shape index (κ2) is 5.40. The van der Waals surface area contributed by atoms with Gasteiger partial charge in [0, 0.05) is 0 Å². The van der Waals surface area contributed by atoms with Crippen LogP contribution in [0.15, 0.2) is 17.3 Å². The quantitative estimate of drug-likeness (QED) is 0.261. The van der Waals surface area contributed by atoms with Gasteiger partial charge in [0.05, 0.1) is 16.1 Å². The molecule has 1 rings (SSSR count). The summed E-state index contributed by atoms with van der Waals surface area (Å²) in [4.78, 5) is 11.8. The predicted molar refractivity (Wildman–Crippen MR) is 66.3 cm³/mol. The minimum atomic E-state index is -1.23. The van der Waals surface area contributed by atoms with Crippen molar-refractivity contribution in [1.82, 2.24) is 5.32 Å². The molecule has 0 heterocycles. The van der Waals surface area contributed by atoms with Crippen LogP contribution in [0, 0.1) is 11.6 Å². The average molecular weight is 292 g/mol. The lowest BCUT2D eigenvalue weighted by atomic mass is 10.0. The fraction of sp³-hybridized carbons (Fsp3) is 0.273. The van der Waals surface area contributed by atoms with Crippen molar-refractivity contribution in [2.75, 3.05) is 0 Å². The van der Waals surface area contributed by atoms with Crippen molar-refractivity contribution in [3.8, 4) is 0 Å². The molecule has 0 aliphatic heterocycles. The van der Waals surface area contributed by atoms with Crippen LogP contribution < -0.4 is 11.1 Å². The molecule has 5 nitrogen and oxygen atoms in total. The van der Waals surface area contributed by atoms with Gasteiger partial charge in [-0.05, 0) is 26.0 Å². The summed E-state index contributed by atoms with van der Waals surface area (Å²) in [5, 5.41) is 13.2. The Morgan fingerprint density at radius 2 is 2.00 bits per heavy atom. The topological polar surface area (TPSA) is 87.7 Å². The number of amides is 1. The van der Waals surface area contributed by atoms with Crippen LogP contribution in [0.25, 0.3) is 0 Å². The number of nitrogens with two attached hydrogens (primary N) is 1. The van der Waals surface area contributed by atoms with Crippen molar-refractivity contribution in [3.63, 3.8) is 0 Å². The van der Waals surface area contributed by atoms with Gasteiger partial charge in [0.25, 0.3) is 5.91 Å². The number of amidine groups is 1. The Kier molecular flexibility index (Phi) is 4.31. The lowest BCUT2D eigenvalue weighted by molar-refractivity contribution is 0.0926. The molecular formula is C11H12ClF2N3O2. The molecule has 104 valence electrons. The number of benzene rings is 1. The molecule has 0 atom stereocenters. The maximum absolute atomic E-state index is 13.5. The second-order valence-corrected chi connectivity index (χ2v) is 4.72. The van der Waals surface area contributed by atoms with Gasteiger partial charge in [-0.15, -0.1) is 0 Å². The Bertz CT molecular complexity index is 547. The first kappa shape index (κ1) is 15.2. The molecule has 0 unspecified atom stereocenters. The number of carbonyl (C=O) groups excluding carboxylic acids is 1. The molecule has 0 radical (unpaired) electrons. The summed E-state index contributed by atoms with van der Waals surface area (Å²) < 4.78 is 26.7. The molecule has 0 saturated carbocycles. The molecule has 8 heteroatoms. The zero-order valence-electron chi connectivity index (χ0n) is 10.2. The summed E-state index contributed by atoms with van der Waals surface area (Å²) in [7, 11) is 0. The summed E-state index contributed by atoms with van der Waals surface area (Å²) in [5.74, 6) is -3.09. The zero-order valence-corrected chi connectivity index (χ0v) is 10.9. The van der Waals surface area contributed by atoms with Gasteiger partial charge in [-0.1, -0.05) is 16.8 Å². The molecule has 0 saturated heterocycles. The lowest BCUT2D eigenvalue weighted by Gasteiger charge is -2.24. The number of halogens is 3. The van der Waals surface area contributed by atoms with Gasteiger partial charge in [0.15, 0.2) is 5.84 Å². The summed E-state index contributed by atoms with van der Waals surface area (Å²) in [6, 6.07) is 1.37. The van der Waals surface area contributed by atoms with Crippen LogP contribution in [0.1, 0.15) is 24.2 Å². The third-order valence-corrected chi connectivity index (χ3v) is 2.72. The number of nitrogens with zero attached hydrogens (tertiary/aromatic N) is 1. The van der Waals surface area contributed by atoms with E-state index in [4.69, 9.17) is 22.5 Å². The Morgan fingerprint density at radius 3 is 2.53 bits per heavy atom. The van der Waals surface area contributed by atoms with E-state index in [0.717, 1.165) is 0 Å². The van der Waals surface area contributed by atoms with Gasteiger partial charge in [-0.2, -0.15) is 0 Å². The minimum Gasteiger partial charge on any atom is -0.409 e. The average Bonchev–Trinajstić information content (AvgIpc) is 2.31. The van der Waals surface area contributed by atoms with Crippen molar-refractivity contribution in [2.45, 2.75) is 19.4 Å². The van der Waals surface area contributed by atoms with E-state index >= 15 is 0 Å². The molecule has 0 bridgehead atoms. The lowest BCUT2D eigenvalue weighted by Crippen LogP contribution is -2.53. The molecule has 0 spiro atoms. The van der Waals surface area contributed by atoms with Crippen LogP contribution in [0.4, 0.5) is 8.78 Å². The summed E-state index contributed by atoms with van der Waals surface area (Å²) in [5.41, 5.74) is 3.61. The number of hydrogen-bond acceptors (Lipinski definition) is 3. The molecule has 0 aliphatic carbocycles. The highest BCUT2D eigenvalue weighted by Crippen LogP contribution is 2.19. The Labute approximate surface area is 113 Å². The number of carbonyl (C=O) groups is 1. The molecule has 1 aromatic rings. The summed E-state index contributed by atoms with van der Waals surface area (Å²) in [6.07, 6.45) is 0. The monoisotopic (exact) mass is 291 g/mol. The molecule has 19 heavy (non-hydrogen) atoms. The van der Waals surface area contributed by atoms with E-state index in [-0.39, 0.29) is 5.84 Å². The summed E-state index contributed by atoms with van der Waals surface area (Å²) in [6.45, 7) is 2.87. The van der Waals surface area contributed by atoms with E-state index < -0.39 is 33.7 Å². The van der Waals surface area contributed by atoms with Crippen LogP contribution in [0.3, 0.4) is 0 Å². The van der Waals surface area contributed by atoms with Crippen LogP contribution in [0.5, 0.6) is 0 Å². The van der Waals surface area contributed by atoms with Crippen LogP contribution in [-0.2, 0) is 0 Å². The predicted octanol–water partition coefficient (Wildman–Crippen LogP) is 1.87. The van der Waals surface area contributed by atoms with Gasteiger partial charge >= 0.3 is 0 Å². The highest BCUT2D eigenvalue weighted by atomic mass is 35.5. The second-order valence-electron chi connectivity index (χ2n) is 4.31. The van der Waals surface area contributed by atoms with Crippen molar-refractivity contribution >= 4 is 23.3 Å². The standard InChI is InChI=1S/C11H12ClF2N3O2/c1-11(2,10(15)17-19)16-9(18)5-3-8(14)6(12)4-7(5)13/h3-4,19H,1-2H3,(H2,15,17)(H,16,18). The van der Waals surface area contributed by atoms with Crippen molar-refractivity contribution in [3.05, 3.63) is 34.4 Å². The molecular weight excluding hydrogens is 280 g/mol. The van der Waals surface area contributed by atoms with E-state index in [1.54, 1.807) is 0 Å². The third-order valence-electron chi connectivity index (χ3n) is 2.43. The maximum atomic E-state index is 13.5. The van der Waals surface area contributed by atoms with Crippen LogP contribution in [0.2, 0.25) is 5.02 Å². The number of rotatable bonds is 3. The molecule has 0 aromatic heterocycles. The van der Waals surface area contributed by atoms with E-state index in [0.29, 0.717) is 12.1 Å². The highest BCUT2D eigenvalue weighted by Gasteiger charge is 2.27.